The summed E-state index contributed by atoms with van der Waals surface area (Å²) in [5.41, 5.74) is 0.749. The number of aromatic nitrogens is 4. The summed E-state index contributed by atoms with van der Waals surface area (Å²) >= 11 is 0. The molecule has 0 aromatic carbocycles. The molecule has 6 heteroatoms. The van der Waals surface area contributed by atoms with Crippen LogP contribution in [-0.4, -0.2) is 33.0 Å². The Kier molecular flexibility index (Phi) is 3.10. The minimum absolute atomic E-state index is 0.365. The van der Waals surface area contributed by atoms with Crippen LogP contribution in [0.3, 0.4) is 0 Å². The number of nitrogens with zero attached hydrogens (tertiary/aromatic N) is 4. The van der Waals surface area contributed by atoms with Crippen LogP contribution in [0.5, 0.6) is 0 Å². The highest BCUT2D eigenvalue weighted by Gasteiger charge is 2.21. The molecule has 6 nitrogen and oxygen atoms in total. The quantitative estimate of drug-likeness (QED) is 0.888. The summed E-state index contributed by atoms with van der Waals surface area (Å²) in [4.78, 5) is 4.46. The lowest BCUT2D eigenvalue weighted by Crippen LogP contribution is -2.28. The van der Waals surface area contributed by atoms with Gasteiger partial charge in [0.2, 0.25) is 0 Å². The zero-order valence-corrected chi connectivity index (χ0v) is 10.5. The van der Waals surface area contributed by atoms with Crippen molar-refractivity contribution >= 4 is 0 Å². The Morgan fingerprint density at radius 3 is 3.22 bits per heavy atom. The van der Waals surface area contributed by atoms with Gasteiger partial charge in [-0.1, -0.05) is 5.16 Å². The average Bonchev–Trinajstić information content (AvgIpc) is 3.08. The summed E-state index contributed by atoms with van der Waals surface area (Å²) in [5.74, 6) is 1.68. The van der Waals surface area contributed by atoms with Crippen LogP contribution < -0.4 is 5.32 Å². The van der Waals surface area contributed by atoms with Crippen LogP contribution in [0.4, 0.5) is 0 Å². The number of hydrogen-bond donors (Lipinski definition) is 1. The second-order valence-corrected chi connectivity index (χ2v) is 4.56. The molecular formula is C12H17N5O. The van der Waals surface area contributed by atoms with E-state index in [9.17, 15) is 0 Å². The SMILES string of the molecule is CCn1ccc(-c2nc([C@@H]3CCCNC3)no2)n1. The Morgan fingerprint density at radius 1 is 1.56 bits per heavy atom. The molecule has 0 amide bonds. The summed E-state index contributed by atoms with van der Waals surface area (Å²) in [7, 11) is 0. The van der Waals surface area contributed by atoms with Gasteiger partial charge < -0.3 is 9.84 Å². The van der Waals surface area contributed by atoms with Crippen LogP contribution in [0.15, 0.2) is 16.8 Å². The molecule has 0 unspecified atom stereocenters. The molecular weight excluding hydrogens is 230 g/mol. The van der Waals surface area contributed by atoms with Crippen molar-refractivity contribution in [3.05, 3.63) is 18.1 Å². The van der Waals surface area contributed by atoms with E-state index in [1.54, 1.807) is 0 Å². The van der Waals surface area contributed by atoms with Gasteiger partial charge in [-0.25, -0.2) is 0 Å². The molecule has 0 saturated carbocycles. The van der Waals surface area contributed by atoms with Gasteiger partial charge in [-0.3, -0.25) is 4.68 Å². The van der Waals surface area contributed by atoms with Gasteiger partial charge in [-0.15, -0.1) is 0 Å². The van der Waals surface area contributed by atoms with Gasteiger partial charge in [0.1, 0.15) is 0 Å². The molecule has 2 aromatic heterocycles. The van der Waals surface area contributed by atoms with E-state index in [2.05, 4.69) is 20.6 Å². The summed E-state index contributed by atoms with van der Waals surface area (Å²) < 4.78 is 7.15. The second kappa shape index (κ2) is 4.89. The molecule has 0 radical (unpaired) electrons. The van der Waals surface area contributed by atoms with E-state index in [1.807, 2.05) is 23.9 Å². The maximum absolute atomic E-state index is 5.30. The molecule has 1 N–H and O–H groups in total. The maximum atomic E-state index is 5.30. The molecule has 1 fully saturated rings. The minimum Gasteiger partial charge on any atom is -0.332 e. The molecule has 2 aromatic rings. The molecule has 0 spiro atoms. The van der Waals surface area contributed by atoms with Crippen molar-refractivity contribution < 1.29 is 4.52 Å². The van der Waals surface area contributed by atoms with Crippen LogP contribution in [0.2, 0.25) is 0 Å². The summed E-state index contributed by atoms with van der Waals surface area (Å²) in [6, 6.07) is 1.90. The summed E-state index contributed by atoms with van der Waals surface area (Å²) in [6.07, 6.45) is 4.20. The number of aryl methyl sites for hydroxylation is 1. The number of rotatable bonds is 3. The first-order valence-electron chi connectivity index (χ1n) is 6.45. The Balaban J connectivity index is 1.79. The van der Waals surface area contributed by atoms with Crippen molar-refractivity contribution in [3.63, 3.8) is 0 Å². The molecule has 3 rings (SSSR count). The standard InChI is InChI=1S/C12H17N5O/c1-2-17-7-5-10(15-17)12-14-11(16-18-12)9-4-3-6-13-8-9/h5,7,9,13H,2-4,6,8H2,1H3/t9-/m1/s1. The molecule has 1 aliphatic heterocycles. The predicted molar refractivity (Wildman–Crippen MR) is 66.0 cm³/mol. The monoisotopic (exact) mass is 247 g/mol. The van der Waals surface area contributed by atoms with Gasteiger partial charge in [0, 0.05) is 25.2 Å². The van der Waals surface area contributed by atoms with Crippen molar-refractivity contribution in [2.75, 3.05) is 13.1 Å². The zero-order chi connectivity index (χ0) is 12.4. The lowest BCUT2D eigenvalue weighted by molar-refractivity contribution is 0.392. The van der Waals surface area contributed by atoms with Crippen molar-refractivity contribution in [2.45, 2.75) is 32.2 Å². The van der Waals surface area contributed by atoms with E-state index in [1.165, 1.54) is 6.42 Å². The zero-order valence-electron chi connectivity index (χ0n) is 10.5. The smallest absolute Gasteiger partial charge is 0.278 e. The molecule has 3 heterocycles. The normalized spacial score (nSPS) is 20.2. The first-order chi connectivity index (χ1) is 8.86. The van der Waals surface area contributed by atoms with Gasteiger partial charge >= 0.3 is 0 Å². The molecule has 1 aliphatic rings. The Morgan fingerprint density at radius 2 is 2.50 bits per heavy atom. The third-order valence-corrected chi connectivity index (χ3v) is 3.29. The van der Waals surface area contributed by atoms with Crippen LogP contribution in [0.25, 0.3) is 11.6 Å². The highest BCUT2D eigenvalue weighted by molar-refractivity contribution is 5.45. The van der Waals surface area contributed by atoms with Crippen molar-refractivity contribution in [1.29, 1.82) is 0 Å². The summed E-state index contributed by atoms with van der Waals surface area (Å²) in [5, 5.41) is 11.8. The topological polar surface area (TPSA) is 68.8 Å². The Labute approximate surface area is 105 Å². The lowest BCUT2D eigenvalue weighted by Gasteiger charge is -2.19. The Bertz CT molecular complexity index is 512. The fourth-order valence-corrected chi connectivity index (χ4v) is 2.23. The van der Waals surface area contributed by atoms with Crippen LogP contribution >= 0.6 is 0 Å². The van der Waals surface area contributed by atoms with E-state index < -0.39 is 0 Å². The lowest BCUT2D eigenvalue weighted by atomic mass is 9.99. The average molecular weight is 247 g/mol. The third-order valence-electron chi connectivity index (χ3n) is 3.29. The summed E-state index contributed by atoms with van der Waals surface area (Å²) in [6.45, 7) is 4.90. The molecule has 1 saturated heterocycles. The van der Waals surface area contributed by atoms with Crippen molar-refractivity contribution in [2.24, 2.45) is 0 Å². The third kappa shape index (κ3) is 2.15. The molecule has 96 valence electrons. The largest absolute Gasteiger partial charge is 0.332 e. The van der Waals surface area contributed by atoms with E-state index in [0.717, 1.165) is 37.6 Å². The first kappa shape index (κ1) is 11.4. The number of hydrogen-bond acceptors (Lipinski definition) is 5. The predicted octanol–water partition coefficient (Wildman–Crippen LogP) is 1.42. The van der Waals surface area contributed by atoms with E-state index in [0.29, 0.717) is 11.8 Å². The minimum atomic E-state index is 0.365. The van der Waals surface area contributed by atoms with Crippen molar-refractivity contribution in [3.8, 4) is 11.6 Å². The molecule has 18 heavy (non-hydrogen) atoms. The van der Waals surface area contributed by atoms with Gasteiger partial charge in [-0.2, -0.15) is 10.1 Å². The fourth-order valence-electron chi connectivity index (χ4n) is 2.23. The number of nitrogens with one attached hydrogen (secondary N) is 1. The number of piperidine rings is 1. The second-order valence-electron chi connectivity index (χ2n) is 4.56. The van der Waals surface area contributed by atoms with Gasteiger partial charge in [-0.05, 0) is 32.4 Å². The Hall–Kier alpha value is -1.69. The maximum Gasteiger partial charge on any atom is 0.278 e. The fraction of sp³-hybridized carbons (Fsp3) is 0.583. The van der Waals surface area contributed by atoms with Crippen LogP contribution in [-0.2, 0) is 6.54 Å². The first-order valence-corrected chi connectivity index (χ1v) is 6.45. The van der Waals surface area contributed by atoms with E-state index in [4.69, 9.17) is 4.52 Å². The van der Waals surface area contributed by atoms with Gasteiger partial charge in [0.05, 0.1) is 0 Å². The molecule has 0 bridgehead atoms. The van der Waals surface area contributed by atoms with E-state index in [-0.39, 0.29) is 0 Å². The highest BCUT2D eigenvalue weighted by Crippen LogP contribution is 2.23. The van der Waals surface area contributed by atoms with Gasteiger partial charge in [0.15, 0.2) is 11.5 Å². The van der Waals surface area contributed by atoms with Crippen LogP contribution in [0.1, 0.15) is 31.5 Å². The molecule has 0 aliphatic carbocycles. The van der Waals surface area contributed by atoms with Gasteiger partial charge in [0.25, 0.3) is 5.89 Å². The highest BCUT2D eigenvalue weighted by atomic mass is 16.5. The van der Waals surface area contributed by atoms with E-state index >= 15 is 0 Å². The van der Waals surface area contributed by atoms with Crippen LogP contribution in [0, 0.1) is 0 Å². The molecule has 1 atom stereocenters. The van der Waals surface area contributed by atoms with Crippen molar-refractivity contribution in [1.82, 2.24) is 25.2 Å².